The Hall–Kier alpha value is -0.360. The first-order valence-electron chi connectivity index (χ1n) is 7.63. The van der Waals surface area contributed by atoms with Gasteiger partial charge in [-0.25, -0.2) is 0 Å². The third-order valence-electron chi connectivity index (χ3n) is 5.75. The van der Waals surface area contributed by atoms with E-state index in [1.54, 1.807) is 5.56 Å². The van der Waals surface area contributed by atoms with Crippen LogP contribution in [0.3, 0.4) is 0 Å². The van der Waals surface area contributed by atoms with Crippen LogP contribution in [0.5, 0.6) is 0 Å². The van der Waals surface area contributed by atoms with Crippen molar-refractivity contribution in [1.29, 1.82) is 0 Å². The number of aromatic nitrogens is 1. The second-order valence-corrected chi connectivity index (χ2v) is 9.75. The molecule has 1 saturated heterocycles. The van der Waals surface area contributed by atoms with Crippen LogP contribution in [0.4, 0.5) is 0 Å². The molecule has 0 amide bonds. The van der Waals surface area contributed by atoms with E-state index >= 15 is 0 Å². The topological polar surface area (TPSA) is 33.1 Å². The fraction of sp³-hybridized carbons (Fsp3) is 0.588. The molecule has 0 radical (unpaired) electrons. The van der Waals surface area contributed by atoms with Crippen LogP contribution in [-0.4, -0.2) is 36.6 Å². The van der Waals surface area contributed by atoms with Crippen molar-refractivity contribution in [3.8, 4) is 0 Å². The number of rotatable bonds is 1. The Morgan fingerprint density at radius 3 is 3.15 bits per heavy atom. The summed E-state index contributed by atoms with van der Waals surface area (Å²) in [6.07, 6.45) is 10.8. The van der Waals surface area contributed by atoms with E-state index in [4.69, 9.17) is 0 Å². The second-order valence-electron chi connectivity index (χ2n) is 6.53. The molecule has 2 aliphatic carbocycles. The standard InChI is InChI=1S/C17H21NOTe/c1-2-12-4-6-15-14-5-3-11-9-18-8-7-13(11)16(14)20-10-17(12,15)19/h2,7-9,12,14-16,19H,1,3-6,10H2/t12-,14+,15+,16-,17+/m1/s1. The molecule has 4 rings (SSSR count). The number of aryl methyl sites for hydroxylation is 1. The third-order valence-corrected chi connectivity index (χ3v) is 10.3. The molecule has 106 valence electrons. The van der Waals surface area contributed by atoms with E-state index in [0.717, 1.165) is 27.2 Å². The van der Waals surface area contributed by atoms with Crippen molar-refractivity contribution in [2.24, 2.45) is 17.8 Å². The van der Waals surface area contributed by atoms with E-state index in [2.05, 4.69) is 23.8 Å². The van der Waals surface area contributed by atoms with Crippen LogP contribution in [0.25, 0.3) is 0 Å². The minimum atomic E-state index is -0.407. The first-order chi connectivity index (χ1) is 9.74. The number of fused-ring (bicyclic) bond motifs is 5. The molecule has 1 N–H and O–H groups in total. The molecular formula is C17H21NOTe. The summed E-state index contributed by atoms with van der Waals surface area (Å²) < 4.78 is 1.85. The summed E-state index contributed by atoms with van der Waals surface area (Å²) in [6.45, 7) is 3.97. The molecule has 0 spiro atoms. The molecule has 3 aliphatic rings. The van der Waals surface area contributed by atoms with Gasteiger partial charge in [0.15, 0.2) is 0 Å². The van der Waals surface area contributed by atoms with E-state index in [1.165, 1.54) is 18.4 Å². The predicted octanol–water partition coefficient (Wildman–Crippen LogP) is 2.76. The zero-order valence-electron chi connectivity index (χ0n) is 11.7. The van der Waals surface area contributed by atoms with Crippen molar-refractivity contribution in [2.75, 3.05) is 0 Å². The zero-order valence-corrected chi connectivity index (χ0v) is 14.0. The molecule has 0 unspecified atom stereocenters. The van der Waals surface area contributed by atoms with Crippen LogP contribution in [0.1, 0.15) is 34.4 Å². The van der Waals surface area contributed by atoms with Gasteiger partial charge in [0.05, 0.1) is 0 Å². The van der Waals surface area contributed by atoms with Gasteiger partial charge in [0.1, 0.15) is 0 Å². The van der Waals surface area contributed by atoms with E-state index in [-0.39, 0.29) is 20.9 Å². The van der Waals surface area contributed by atoms with Gasteiger partial charge in [0.25, 0.3) is 0 Å². The maximum atomic E-state index is 11.2. The first-order valence-corrected chi connectivity index (χ1v) is 10.6. The first kappa shape index (κ1) is 13.3. The van der Waals surface area contributed by atoms with Gasteiger partial charge in [0.2, 0.25) is 0 Å². The monoisotopic (exact) mass is 385 g/mol. The molecule has 1 aromatic heterocycles. The number of hydrogen-bond acceptors (Lipinski definition) is 2. The summed E-state index contributed by atoms with van der Waals surface area (Å²) in [4.78, 5) is 4.29. The van der Waals surface area contributed by atoms with Crippen LogP contribution in [0.15, 0.2) is 31.1 Å². The summed E-state index contributed by atoms with van der Waals surface area (Å²) in [7, 11) is 0. The van der Waals surface area contributed by atoms with Gasteiger partial charge in [-0.15, -0.1) is 0 Å². The van der Waals surface area contributed by atoms with Crippen molar-refractivity contribution < 1.29 is 5.11 Å². The van der Waals surface area contributed by atoms with Gasteiger partial charge in [-0.05, 0) is 0 Å². The third kappa shape index (κ3) is 1.76. The molecule has 5 atom stereocenters. The Kier molecular flexibility index (Phi) is 3.22. The second kappa shape index (κ2) is 4.83. The number of hydrogen-bond donors (Lipinski definition) is 1. The van der Waals surface area contributed by atoms with Gasteiger partial charge in [0, 0.05) is 0 Å². The Labute approximate surface area is 130 Å². The Bertz CT molecular complexity index is 546. The normalized spacial score (nSPS) is 42.5. The van der Waals surface area contributed by atoms with Crippen LogP contribution in [0.2, 0.25) is 4.47 Å². The molecule has 3 heteroatoms. The minimum absolute atomic E-state index is 0.178. The average molecular weight is 383 g/mol. The average Bonchev–Trinajstić information content (AvgIpc) is 2.83. The van der Waals surface area contributed by atoms with Gasteiger partial charge in [-0.3, -0.25) is 0 Å². The van der Waals surface area contributed by atoms with Gasteiger partial charge < -0.3 is 0 Å². The van der Waals surface area contributed by atoms with E-state index in [9.17, 15) is 5.11 Å². The molecule has 1 saturated carbocycles. The maximum absolute atomic E-state index is 11.2. The SMILES string of the molecule is C=C[C@@H]1CC[C@H]2[C@@H]3CCc4cnccc4[C@H]3[Te]C[C@]12O. The molecule has 0 aromatic carbocycles. The van der Waals surface area contributed by atoms with Crippen molar-refractivity contribution in [2.45, 2.75) is 39.7 Å². The number of pyridine rings is 1. The summed E-state index contributed by atoms with van der Waals surface area (Å²) in [5.41, 5.74) is 2.64. The van der Waals surface area contributed by atoms with Gasteiger partial charge in [-0.2, -0.15) is 0 Å². The molecule has 2 heterocycles. The Morgan fingerprint density at radius 2 is 2.30 bits per heavy atom. The summed E-state index contributed by atoms with van der Waals surface area (Å²) in [5, 5.41) is 11.2. The molecule has 1 aromatic rings. The molecule has 2 nitrogen and oxygen atoms in total. The Morgan fingerprint density at radius 1 is 1.40 bits per heavy atom. The van der Waals surface area contributed by atoms with Crippen molar-refractivity contribution >= 4 is 20.9 Å². The van der Waals surface area contributed by atoms with Crippen LogP contribution < -0.4 is 0 Å². The number of nitrogens with zero attached hydrogens (tertiary/aromatic N) is 1. The van der Waals surface area contributed by atoms with Crippen molar-refractivity contribution in [3.63, 3.8) is 0 Å². The molecule has 2 fully saturated rings. The molecule has 0 bridgehead atoms. The summed E-state index contributed by atoms with van der Waals surface area (Å²) >= 11 is -0.178. The fourth-order valence-electron chi connectivity index (χ4n) is 4.73. The fourth-order valence-corrected chi connectivity index (χ4v) is 10.0. The van der Waals surface area contributed by atoms with Crippen molar-refractivity contribution in [1.82, 2.24) is 4.98 Å². The van der Waals surface area contributed by atoms with Crippen molar-refractivity contribution in [3.05, 3.63) is 42.2 Å². The summed E-state index contributed by atoms with van der Waals surface area (Å²) in [6, 6.07) is 2.25. The Balaban J connectivity index is 1.70. The van der Waals surface area contributed by atoms with Crippen LogP contribution in [-0.2, 0) is 6.42 Å². The quantitative estimate of drug-likeness (QED) is 0.598. The van der Waals surface area contributed by atoms with E-state index < -0.39 is 5.60 Å². The van der Waals surface area contributed by atoms with Crippen LogP contribution in [0, 0.1) is 17.8 Å². The number of aliphatic hydroxyl groups is 1. The van der Waals surface area contributed by atoms with Gasteiger partial charge in [-0.1, -0.05) is 0 Å². The molecule has 1 aliphatic heterocycles. The molecular weight excluding hydrogens is 362 g/mol. The van der Waals surface area contributed by atoms with Gasteiger partial charge >= 0.3 is 131 Å². The molecule has 20 heavy (non-hydrogen) atoms. The van der Waals surface area contributed by atoms with E-state index in [1.807, 2.05) is 12.3 Å². The zero-order chi connectivity index (χ0) is 13.7. The van der Waals surface area contributed by atoms with Crippen LogP contribution >= 0.6 is 0 Å². The van der Waals surface area contributed by atoms with E-state index in [0.29, 0.717) is 11.8 Å². The predicted molar refractivity (Wildman–Crippen MR) is 80.7 cm³/mol. The summed E-state index contributed by atoms with van der Waals surface area (Å²) in [5.74, 6) is 1.57.